The molecular formula is C19H28O4. The summed E-state index contributed by atoms with van der Waals surface area (Å²) in [7, 11) is 3.40. The van der Waals surface area contributed by atoms with Gasteiger partial charge in [-0.15, -0.1) is 0 Å². The van der Waals surface area contributed by atoms with Crippen molar-refractivity contribution in [2.24, 2.45) is 0 Å². The second-order valence-corrected chi connectivity index (χ2v) is 6.79. The number of benzene rings is 1. The monoisotopic (exact) mass is 320 g/mol. The van der Waals surface area contributed by atoms with E-state index < -0.39 is 11.4 Å². The van der Waals surface area contributed by atoms with E-state index in [1.807, 2.05) is 46.8 Å². The minimum atomic E-state index is -0.556. The van der Waals surface area contributed by atoms with Gasteiger partial charge in [0.2, 0.25) is 0 Å². The van der Waals surface area contributed by atoms with Crippen molar-refractivity contribution < 1.29 is 18.9 Å². The molecule has 2 rings (SSSR count). The zero-order valence-electron chi connectivity index (χ0n) is 15.5. The molecule has 0 amide bonds. The molecular weight excluding hydrogens is 292 g/mol. The fourth-order valence-corrected chi connectivity index (χ4v) is 3.17. The van der Waals surface area contributed by atoms with E-state index in [1.54, 1.807) is 14.2 Å². The van der Waals surface area contributed by atoms with E-state index in [-0.39, 0.29) is 0 Å². The van der Waals surface area contributed by atoms with Gasteiger partial charge in [-0.1, -0.05) is 6.08 Å². The lowest BCUT2D eigenvalue weighted by Gasteiger charge is -2.23. The summed E-state index contributed by atoms with van der Waals surface area (Å²) in [5.41, 5.74) is 3.82. The van der Waals surface area contributed by atoms with Crippen LogP contribution in [0.2, 0.25) is 0 Å². The van der Waals surface area contributed by atoms with Gasteiger partial charge in [0.15, 0.2) is 5.79 Å². The number of methoxy groups -OCH3 is 2. The number of hydrogen-bond acceptors (Lipinski definition) is 4. The molecule has 128 valence electrons. The standard InChI is InChI=1S/C19H28O4/c1-12-13(2)17(21-8)15(14(3)16(12)20-7)9-10-19(6)11-22-18(4,5)23-19/h9-10H,11H2,1-8H3/b10-9+/t19-/m0/s1. The molecule has 4 nitrogen and oxygen atoms in total. The molecule has 0 saturated carbocycles. The Kier molecular flexibility index (Phi) is 4.79. The fraction of sp³-hybridized carbons (Fsp3) is 0.579. The predicted molar refractivity (Wildman–Crippen MR) is 92.3 cm³/mol. The maximum Gasteiger partial charge on any atom is 0.164 e. The van der Waals surface area contributed by atoms with E-state index >= 15 is 0 Å². The summed E-state index contributed by atoms with van der Waals surface area (Å²) in [5.74, 6) is 1.22. The highest BCUT2D eigenvalue weighted by atomic mass is 16.7. The molecule has 1 saturated heterocycles. The lowest BCUT2D eigenvalue weighted by molar-refractivity contribution is -0.148. The van der Waals surface area contributed by atoms with Crippen molar-refractivity contribution in [2.75, 3.05) is 20.8 Å². The second-order valence-electron chi connectivity index (χ2n) is 6.79. The first-order valence-electron chi connectivity index (χ1n) is 7.89. The van der Waals surface area contributed by atoms with Gasteiger partial charge in [0.1, 0.15) is 17.1 Å². The highest BCUT2D eigenvalue weighted by molar-refractivity contribution is 5.69. The Balaban J connectivity index is 2.47. The van der Waals surface area contributed by atoms with Crippen LogP contribution in [-0.2, 0) is 9.47 Å². The molecule has 0 aliphatic carbocycles. The van der Waals surface area contributed by atoms with Gasteiger partial charge in [-0.25, -0.2) is 0 Å². The van der Waals surface area contributed by atoms with Crippen molar-refractivity contribution in [1.82, 2.24) is 0 Å². The van der Waals surface area contributed by atoms with Crippen LogP contribution in [0.3, 0.4) is 0 Å². The third-order valence-corrected chi connectivity index (χ3v) is 4.43. The molecule has 0 aromatic heterocycles. The van der Waals surface area contributed by atoms with Gasteiger partial charge >= 0.3 is 0 Å². The van der Waals surface area contributed by atoms with E-state index in [9.17, 15) is 0 Å². The maximum atomic E-state index is 6.00. The SMILES string of the molecule is COc1c(C)c(C)c(OC)c(/C=C/[C@@]2(C)COC(C)(C)O2)c1C. The van der Waals surface area contributed by atoms with Gasteiger partial charge in [-0.2, -0.15) is 0 Å². The van der Waals surface area contributed by atoms with Gasteiger partial charge in [0, 0.05) is 11.1 Å². The van der Waals surface area contributed by atoms with E-state index in [0.29, 0.717) is 6.61 Å². The smallest absolute Gasteiger partial charge is 0.164 e. The number of rotatable bonds is 4. The lowest BCUT2D eigenvalue weighted by atomic mass is 9.95. The van der Waals surface area contributed by atoms with Crippen molar-refractivity contribution in [3.63, 3.8) is 0 Å². The lowest BCUT2D eigenvalue weighted by Crippen LogP contribution is -2.28. The average Bonchev–Trinajstić information content (AvgIpc) is 2.76. The zero-order chi connectivity index (χ0) is 17.4. The molecule has 1 aliphatic rings. The topological polar surface area (TPSA) is 36.9 Å². The Bertz CT molecular complexity index is 631. The summed E-state index contributed by atoms with van der Waals surface area (Å²) in [5, 5.41) is 0. The zero-order valence-corrected chi connectivity index (χ0v) is 15.5. The Morgan fingerprint density at radius 2 is 1.48 bits per heavy atom. The van der Waals surface area contributed by atoms with Crippen LogP contribution in [0.4, 0.5) is 0 Å². The van der Waals surface area contributed by atoms with E-state index in [4.69, 9.17) is 18.9 Å². The highest BCUT2D eigenvalue weighted by Crippen LogP contribution is 2.39. The molecule has 1 aromatic carbocycles. The van der Waals surface area contributed by atoms with Crippen LogP contribution >= 0.6 is 0 Å². The van der Waals surface area contributed by atoms with Crippen LogP contribution in [-0.4, -0.2) is 32.2 Å². The molecule has 0 unspecified atom stereocenters. The van der Waals surface area contributed by atoms with Crippen molar-refractivity contribution in [3.8, 4) is 11.5 Å². The van der Waals surface area contributed by atoms with Gasteiger partial charge in [-0.3, -0.25) is 0 Å². The summed E-state index contributed by atoms with van der Waals surface area (Å²) in [4.78, 5) is 0. The Labute approximate surface area is 139 Å². The van der Waals surface area contributed by atoms with Crippen LogP contribution < -0.4 is 9.47 Å². The predicted octanol–water partition coefficient (Wildman–Crippen LogP) is 4.18. The second kappa shape index (κ2) is 6.17. The summed E-state index contributed by atoms with van der Waals surface area (Å²) in [6.07, 6.45) is 4.09. The fourth-order valence-electron chi connectivity index (χ4n) is 3.17. The van der Waals surface area contributed by atoms with E-state index in [1.165, 1.54) is 0 Å². The van der Waals surface area contributed by atoms with Crippen LogP contribution in [0.15, 0.2) is 6.08 Å². The quantitative estimate of drug-likeness (QED) is 0.834. The molecule has 0 bridgehead atoms. The molecule has 1 aliphatic heterocycles. The number of ether oxygens (including phenoxy) is 4. The molecule has 4 heteroatoms. The maximum absolute atomic E-state index is 6.00. The van der Waals surface area contributed by atoms with Crippen LogP contribution in [0.25, 0.3) is 6.08 Å². The first-order chi connectivity index (χ1) is 10.6. The summed E-state index contributed by atoms with van der Waals surface area (Å²) in [6, 6.07) is 0. The highest BCUT2D eigenvalue weighted by Gasteiger charge is 2.40. The first kappa shape index (κ1) is 17.8. The largest absolute Gasteiger partial charge is 0.496 e. The molecule has 23 heavy (non-hydrogen) atoms. The van der Waals surface area contributed by atoms with E-state index in [2.05, 4.69) is 6.92 Å². The summed E-state index contributed by atoms with van der Waals surface area (Å²) < 4.78 is 22.9. The third-order valence-electron chi connectivity index (χ3n) is 4.43. The Morgan fingerprint density at radius 3 is 1.96 bits per heavy atom. The molecule has 1 atom stereocenters. The van der Waals surface area contributed by atoms with Crippen molar-refractivity contribution >= 4 is 6.08 Å². The van der Waals surface area contributed by atoms with Crippen LogP contribution in [0.1, 0.15) is 43.0 Å². The van der Waals surface area contributed by atoms with Crippen molar-refractivity contribution in [2.45, 2.75) is 52.9 Å². The van der Waals surface area contributed by atoms with Gasteiger partial charge in [0.25, 0.3) is 0 Å². The molecule has 1 fully saturated rings. The molecule has 0 N–H and O–H groups in total. The molecule has 1 heterocycles. The molecule has 0 spiro atoms. The summed E-state index contributed by atoms with van der Waals surface area (Å²) in [6.45, 7) is 12.6. The number of hydrogen-bond donors (Lipinski definition) is 0. The van der Waals surface area contributed by atoms with Crippen LogP contribution in [0, 0.1) is 20.8 Å². The summed E-state index contributed by atoms with van der Waals surface area (Å²) >= 11 is 0. The molecule has 0 radical (unpaired) electrons. The first-order valence-corrected chi connectivity index (χ1v) is 7.89. The Hall–Kier alpha value is -1.52. The van der Waals surface area contributed by atoms with Gasteiger partial charge < -0.3 is 18.9 Å². The Morgan fingerprint density at radius 1 is 0.913 bits per heavy atom. The average molecular weight is 320 g/mol. The van der Waals surface area contributed by atoms with Crippen molar-refractivity contribution in [1.29, 1.82) is 0 Å². The van der Waals surface area contributed by atoms with Gasteiger partial charge in [-0.05, 0) is 58.7 Å². The van der Waals surface area contributed by atoms with Crippen molar-refractivity contribution in [3.05, 3.63) is 28.3 Å². The normalized spacial score (nSPS) is 23.5. The third kappa shape index (κ3) is 3.38. The van der Waals surface area contributed by atoms with Crippen LogP contribution in [0.5, 0.6) is 11.5 Å². The van der Waals surface area contributed by atoms with E-state index in [0.717, 1.165) is 33.8 Å². The minimum absolute atomic E-state index is 0.451. The van der Waals surface area contributed by atoms with Gasteiger partial charge in [0.05, 0.1) is 20.8 Å². The molecule has 1 aromatic rings. The minimum Gasteiger partial charge on any atom is -0.496 e.